The lowest BCUT2D eigenvalue weighted by atomic mass is 10.2. The van der Waals surface area contributed by atoms with Gasteiger partial charge in [-0.3, -0.25) is 0 Å². The summed E-state index contributed by atoms with van der Waals surface area (Å²) in [5.74, 6) is 2.54. The lowest BCUT2D eigenvalue weighted by Crippen LogP contribution is -1.90. The van der Waals surface area contributed by atoms with Crippen LogP contribution in [0.25, 0.3) is 22.7 Å². The van der Waals surface area contributed by atoms with E-state index in [2.05, 4.69) is 32.9 Å². The van der Waals surface area contributed by atoms with E-state index in [1.165, 1.54) is 4.90 Å². The second-order valence-electron chi connectivity index (χ2n) is 4.11. The third-order valence-corrected chi connectivity index (χ3v) is 3.75. The molecule has 0 amide bonds. The molecule has 0 saturated carbocycles. The number of fused-ring (bicyclic) bond motifs is 1. The minimum Gasteiger partial charge on any atom is -0.496 e. The summed E-state index contributed by atoms with van der Waals surface area (Å²) in [4.78, 5) is 17.2. The Morgan fingerprint density at radius 1 is 1.25 bits per heavy atom. The largest absolute Gasteiger partial charge is 0.496 e. The fourth-order valence-electron chi connectivity index (χ4n) is 2.00. The van der Waals surface area contributed by atoms with Crippen LogP contribution in [0.15, 0.2) is 35.5 Å². The van der Waals surface area contributed by atoms with E-state index in [0.717, 1.165) is 22.9 Å². The van der Waals surface area contributed by atoms with Crippen LogP contribution in [0.4, 0.5) is 0 Å². The average Bonchev–Trinajstić information content (AvgIpc) is 2.91. The van der Waals surface area contributed by atoms with Gasteiger partial charge >= 0.3 is 0 Å². The third kappa shape index (κ3) is 2.34. The van der Waals surface area contributed by atoms with Crippen molar-refractivity contribution in [2.75, 3.05) is 12.9 Å². The Hall–Kier alpha value is -2.08. The lowest BCUT2D eigenvalue weighted by Gasteiger charge is -2.08. The van der Waals surface area contributed by atoms with Gasteiger partial charge in [0.15, 0.2) is 11.3 Å². The number of thioether (sulfide) groups is 1. The molecule has 0 aliphatic carbocycles. The number of nitrogens with one attached hydrogen (secondary N) is 1. The molecular formula is C14H14N4OS. The summed E-state index contributed by atoms with van der Waals surface area (Å²) in [5.41, 5.74) is 2.20. The van der Waals surface area contributed by atoms with Gasteiger partial charge < -0.3 is 9.72 Å². The average molecular weight is 286 g/mol. The summed E-state index contributed by atoms with van der Waals surface area (Å²) in [6, 6.07) is 6.10. The standard InChI is InChI=1S/C14H14N4OS/c1-3-20-9-4-5-10(11(8-9)19-2)12-17-13-14(18-12)16-7-6-15-13/h4-8H,3H2,1-2H3,(H,15,16,17,18). The molecule has 0 fully saturated rings. The first kappa shape index (κ1) is 12.9. The molecule has 0 spiro atoms. The molecule has 0 aliphatic heterocycles. The van der Waals surface area contributed by atoms with Gasteiger partial charge in [-0.05, 0) is 24.0 Å². The number of hydrogen-bond acceptors (Lipinski definition) is 5. The monoisotopic (exact) mass is 286 g/mol. The van der Waals surface area contributed by atoms with Gasteiger partial charge in [-0.1, -0.05) is 6.92 Å². The highest BCUT2D eigenvalue weighted by atomic mass is 32.2. The van der Waals surface area contributed by atoms with Crippen LogP contribution < -0.4 is 4.74 Å². The predicted octanol–water partition coefficient (Wildman–Crippen LogP) is 3.14. The predicted molar refractivity (Wildman–Crippen MR) is 80.1 cm³/mol. The van der Waals surface area contributed by atoms with Crippen molar-refractivity contribution in [3.63, 3.8) is 0 Å². The zero-order valence-corrected chi connectivity index (χ0v) is 12.1. The van der Waals surface area contributed by atoms with Gasteiger partial charge in [0.05, 0.1) is 12.7 Å². The molecule has 6 heteroatoms. The number of methoxy groups -OCH3 is 1. The Morgan fingerprint density at radius 3 is 2.85 bits per heavy atom. The van der Waals surface area contributed by atoms with Gasteiger partial charge in [-0.25, -0.2) is 15.0 Å². The smallest absolute Gasteiger partial charge is 0.197 e. The molecule has 0 aliphatic rings. The van der Waals surface area contributed by atoms with Gasteiger partial charge in [0.1, 0.15) is 11.6 Å². The number of imidazole rings is 1. The number of hydrogen-bond donors (Lipinski definition) is 1. The first-order valence-electron chi connectivity index (χ1n) is 6.29. The van der Waals surface area contributed by atoms with Crippen LogP contribution in [0.2, 0.25) is 0 Å². The first-order valence-corrected chi connectivity index (χ1v) is 7.28. The summed E-state index contributed by atoms with van der Waals surface area (Å²) in [6.45, 7) is 2.13. The second-order valence-corrected chi connectivity index (χ2v) is 5.45. The highest BCUT2D eigenvalue weighted by Gasteiger charge is 2.12. The molecule has 3 aromatic rings. The maximum atomic E-state index is 5.47. The SMILES string of the molecule is CCSc1ccc(-c2nc3nccnc3[nH]2)c(OC)c1. The Kier molecular flexibility index (Phi) is 3.56. The Balaban J connectivity index is 2.08. The van der Waals surface area contributed by atoms with Gasteiger partial charge in [-0.15, -0.1) is 11.8 Å². The number of rotatable bonds is 4. The van der Waals surface area contributed by atoms with Crippen molar-refractivity contribution in [3.05, 3.63) is 30.6 Å². The fraction of sp³-hybridized carbons (Fsp3) is 0.214. The number of nitrogens with zero attached hydrogens (tertiary/aromatic N) is 3. The molecule has 1 N–H and O–H groups in total. The quantitative estimate of drug-likeness (QED) is 0.746. The van der Waals surface area contributed by atoms with E-state index in [1.807, 2.05) is 12.1 Å². The molecule has 0 bridgehead atoms. The molecule has 0 unspecified atom stereocenters. The Bertz CT molecular complexity index is 708. The zero-order chi connectivity index (χ0) is 13.9. The molecule has 1 aromatic carbocycles. The summed E-state index contributed by atoms with van der Waals surface area (Å²) in [7, 11) is 1.67. The van der Waals surface area contributed by atoms with Crippen molar-refractivity contribution in [3.8, 4) is 17.1 Å². The van der Waals surface area contributed by atoms with Gasteiger partial charge in [-0.2, -0.15) is 0 Å². The summed E-state index contributed by atoms with van der Waals surface area (Å²) in [5, 5.41) is 0. The third-order valence-electron chi connectivity index (χ3n) is 2.87. The van der Waals surface area contributed by atoms with Crippen LogP contribution >= 0.6 is 11.8 Å². The van der Waals surface area contributed by atoms with Crippen LogP contribution in [0.1, 0.15) is 6.92 Å². The minimum absolute atomic E-state index is 0.608. The van der Waals surface area contributed by atoms with E-state index in [9.17, 15) is 0 Å². The zero-order valence-electron chi connectivity index (χ0n) is 11.3. The van der Waals surface area contributed by atoms with E-state index in [1.54, 1.807) is 31.3 Å². The van der Waals surface area contributed by atoms with Crippen LogP contribution in [0, 0.1) is 0 Å². The first-order chi connectivity index (χ1) is 9.81. The van der Waals surface area contributed by atoms with E-state index < -0.39 is 0 Å². The Morgan fingerprint density at radius 2 is 2.10 bits per heavy atom. The topological polar surface area (TPSA) is 63.7 Å². The Labute approximate surface area is 120 Å². The summed E-state index contributed by atoms with van der Waals surface area (Å²) in [6.07, 6.45) is 3.27. The summed E-state index contributed by atoms with van der Waals surface area (Å²) < 4.78 is 5.47. The molecule has 102 valence electrons. The maximum absolute atomic E-state index is 5.47. The summed E-state index contributed by atoms with van der Waals surface area (Å²) >= 11 is 1.78. The maximum Gasteiger partial charge on any atom is 0.197 e. The van der Waals surface area contributed by atoms with E-state index >= 15 is 0 Å². The number of aromatic amines is 1. The van der Waals surface area contributed by atoms with Crippen LogP contribution in [0.3, 0.4) is 0 Å². The minimum atomic E-state index is 0.608. The molecule has 0 saturated heterocycles. The van der Waals surface area contributed by atoms with Crippen molar-refractivity contribution in [2.24, 2.45) is 0 Å². The molecule has 20 heavy (non-hydrogen) atoms. The highest BCUT2D eigenvalue weighted by molar-refractivity contribution is 7.99. The fourth-order valence-corrected chi connectivity index (χ4v) is 2.69. The molecule has 5 nitrogen and oxygen atoms in total. The molecule has 3 rings (SSSR count). The van der Waals surface area contributed by atoms with Crippen molar-refractivity contribution in [1.29, 1.82) is 0 Å². The number of ether oxygens (including phenoxy) is 1. The molecule has 2 aromatic heterocycles. The molecular weight excluding hydrogens is 272 g/mol. The van der Waals surface area contributed by atoms with Crippen LogP contribution in [-0.4, -0.2) is 32.8 Å². The van der Waals surface area contributed by atoms with Gasteiger partial charge in [0, 0.05) is 17.3 Å². The number of benzene rings is 1. The van der Waals surface area contributed by atoms with Crippen LogP contribution in [0.5, 0.6) is 5.75 Å². The normalized spacial score (nSPS) is 10.9. The molecule has 2 heterocycles. The van der Waals surface area contributed by atoms with Crippen molar-refractivity contribution in [2.45, 2.75) is 11.8 Å². The van der Waals surface area contributed by atoms with Crippen molar-refractivity contribution in [1.82, 2.24) is 19.9 Å². The molecule has 0 radical (unpaired) electrons. The molecule has 0 atom stereocenters. The highest BCUT2D eigenvalue weighted by Crippen LogP contribution is 2.32. The number of H-pyrrole nitrogens is 1. The van der Waals surface area contributed by atoms with Crippen molar-refractivity contribution >= 4 is 23.1 Å². The van der Waals surface area contributed by atoms with E-state index in [-0.39, 0.29) is 0 Å². The number of aromatic nitrogens is 4. The van der Waals surface area contributed by atoms with Gasteiger partial charge in [0.2, 0.25) is 0 Å². The van der Waals surface area contributed by atoms with E-state index in [4.69, 9.17) is 4.74 Å². The van der Waals surface area contributed by atoms with Crippen molar-refractivity contribution < 1.29 is 4.74 Å². The van der Waals surface area contributed by atoms with Gasteiger partial charge in [0.25, 0.3) is 0 Å². The second kappa shape index (κ2) is 5.50. The van der Waals surface area contributed by atoms with Crippen LogP contribution in [-0.2, 0) is 0 Å². The van der Waals surface area contributed by atoms with E-state index in [0.29, 0.717) is 11.3 Å². The lowest BCUT2D eigenvalue weighted by molar-refractivity contribution is 0.415.